The average molecular weight is 441 g/mol. The minimum atomic E-state index is 0.877. The zero-order valence-electron chi connectivity index (χ0n) is 12.5. The summed E-state index contributed by atoms with van der Waals surface area (Å²) in [5.74, 6) is 0. The highest BCUT2D eigenvalue weighted by Crippen LogP contribution is 2.40. The van der Waals surface area contributed by atoms with Crippen LogP contribution in [0.4, 0.5) is 0 Å². The molecule has 5 aromatic rings. The summed E-state index contributed by atoms with van der Waals surface area (Å²) >= 11 is 7.18. The number of para-hydroxylation sites is 1. The largest absolute Gasteiger partial charge is 0.439 e. The van der Waals surface area contributed by atoms with Gasteiger partial charge in [0.05, 0.1) is 10.9 Å². The molecule has 0 bridgehead atoms. The van der Waals surface area contributed by atoms with E-state index in [2.05, 4.69) is 72.8 Å². The molecule has 4 heteroatoms. The van der Waals surface area contributed by atoms with Gasteiger partial charge in [0.15, 0.2) is 0 Å². The Hall–Kier alpha value is -2.04. The summed E-state index contributed by atoms with van der Waals surface area (Å²) in [4.78, 5) is 0. The molecule has 0 unspecified atom stereocenters. The number of rotatable bonds is 1. The second-order valence-corrected chi connectivity index (χ2v) is 7.59. The van der Waals surface area contributed by atoms with Gasteiger partial charge < -0.3 is 4.42 Å². The van der Waals surface area contributed by atoms with Crippen LogP contribution in [0.1, 0.15) is 0 Å². The molecule has 116 valence electrons. The summed E-state index contributed by atoms with van der Waals surface area (Å²) in [6.45, 7) is 0. The smallest absolute Gasteiger partial charge is 0.213 e. The van der Waals surface area contributed by atoms with Crippen LogP contribution < -0.4 is 0 Å². The van der Waals surface area contributed by atoms with Crippen molar-refractivity contribution in [3.63, 3.8) is 0 Å². The molecule has 0 aliphatic rings. The Kier molecular flexibility index (Phi) is 3.12. The van der Waals surface area contributed by atoms with Gasteiger partial charge in [0.25, 0.3) is 0 Å². The van der Waals surface area contributed by atoms with Gasteiger partial charge in [0, 0.05) is 25.4 Å². The van der Waals surface area contributed by atoms with Crippen molar-refractivity contribution in [3.05, 3.63) is 75.7 Å². The van der Waals surface area contributed by atoms with Crippen molar-refractivity contribution in [3.8, 4) is 5.69 Å². The van der Waals surface area contributed by atoms with Crippen LogP contribution in [0.15, 0.2) is 80.1 Å². The van der Waals surface area contributed by atoms with Crippen molar-refractivity contribution in [1.29, 1.82) is 0 Å². The second kappa shape index (κ2) is 5.23. The van der Waals surface area contributed by atoms with E-state index in [9.17, 15) is 0 Å². The number of fused-ring (bicyclic) bond motifs is 5. The topological polar surface area (TPSA) is 18.1 Å². The summed E-state index contributed by atoms with van der Waals surface area (Å²) < 4.78 is 10.5. The van der Waals surface area contributed by atoms with E-state index in [4.69, 9.17) is 4.42 Å². The lowest BCUT2D eigenvalue weighted by Gasteiger charge is -2.05. The van der Waals surface area contributed by atoms with Crippen LogP contribution in [0, 0.1) is 0 Å². The minimum absolute atomic E-state index is 0.877. The fourth-order valence-corrected chi connectivity index (χ4v) is 4.04. The minimum Gasteiger partial charge on any atom is -0.439 e. The lowest BCUT2D eigenvalue weighted by atomic mass is 10.1. The van der Waals surface area contributed by atoms with Crippen molar-refractivity contribution in [2.45, 2.75) is 0 Å². The van der Waals surface area contributed by atoms with Crippen molar-refractivity contribution in [2.75, 3.05) is 0 Å². The maximum Gasteiger partial charge on any atom is 0.213 e. The second-order valence-electron chi connectivity index (χ2n) is 5.76. The molecule has 0 spiro atoms. The first-order valence-electron chi connectivity index (χ1n) is 7.59. The first kappa shape index (κ1) is 14.3. The lowest BCUT2D eigenvalue weighted by molar-refractivity contribution is 0.645. The third-order valence-electron chi connectivity index (χ3n) is 4.32. The Balaban J connectivity index is 2.05. The third-order valence-corrected chi connectivity index (χ3v) is 5.30. The molecule has 5 rings (SSSR count). The molecular weight excluding hydrogens is 430 g/mol. The number of hydrogen-bond acceptors (Lipinski definition) is 1. The zero-order valence-corrected chi connectivity index (χ0v) is 15.6. The van der Waals surface area contributed by atoms with Crippen LogP contribution in [0.25, 0.3) is 38.7 Å². The van der Waals surface area contributed by atoms with E-state index in [0.29, 0.717) is 0 Å². The molecular formula is C20H11Br2NO. The van der Waals surface area contributed by atoms with Crippen LogP contribution in [0.2, 0.25) is 0 Å². The Morgan fingerprint density at radius 3 is 2.25 bits per heavy atom. The standard InChI is InChI=1S/C20H11Br2NO/c21-12-6-8-17-15(10-12)19-16-11-13(22)7-9-18(16)24-20(19)23(17)14-4-2-1-3-5-14/h1-11H. The lowest BCUT2D eigenvalue weighted by Crippen LogP contribution is -1.92. The molecule has 0 saturated carbocycles. The molecule has 0 atom stereocenters. The normalized spacial score (nSPS) is 11.8. The molecule has 0 aliphatic heterocycles. The van der Waals surface area contributed by atoms with Gasteiger partial charge in [-0.3, -0.25) is 4.57 Å². The predicted molar refractivity (Wildman–Crippen MR) is 106 cm³/mol. The van der Waals surface area contributed by atoms with Crippen molar-refractivity contribution in [2.24, 2.45) is 0 Å². The summed E-state index contributed by atoms with van der Waals surface area (Å²) in [7, 11) is 0. The molecule has 2 nitrogen and oxygen atoms in total. The number of hydrogen-bond donors (Lipinski definition) is 0. The molecule has 0 fully saturated rings. The monoisotopic (exact) mass is 439 g/mol. The maximum absolute atomic E-state index is 6.24. The van der Waals surface area contributed by atoms with Crippen LogP contribution in [0.5, 0.6) is 0 Å². The van der Waals surface area contributed by atoms with Gasteiger partial charge >= 0.3 is 0 Å². The molecule has 3 aromatic carbocycles. The number of aromatic nitrogens is 1. The van der Waals surface area contributed by atoms with E-state index in [1.807, 2.05) is 30.3 Å². The van der Waals surface area contributed by atoms with Crippen LogP contribution in [0.3, 0.4) is 0 Å². The molecule has 24 heavy (non-hydrogen) atoms. The predicted octanol–water partition coefficient (Wildman–Crippen LogP) is 7.05. The number of halogens is 2. The fourth-order valence-electron chi connectivity index (χ4n) is 3.32. The summed E-state index contributed by atoms with van der Waals surface area (Å²) in [5.41, 5.74) is 4.01. The quantitative estimate of drug-likeness (QED) is 0.273. The van der Waals surface area contributed by atoms with E-state index < -0.39 is 0 Å². The molecule has 0 saturated heterocycles. The molecule has 0 N–H and O–H groups in total. The number of nitrogens with zero attached hydrogens (tertiary/aromatic N) is 1. The van der Waals surface area contributed by atoms with E-state index in [-0.39, 0.29) is 0 Å². The Labute approximate surface area is 154 Å². The zero-order chi connectivity index (χ0) is 16.3. The van der Waals surface area contributed by atoms with E-state index in [1.54, 1.807) is 0 Å². The van der Waals surface area contributed by atoms with E-state index in [1.165, 1.54) is 5.39 Å². The first-order chi connectivity index (χ1) is 11.7. The average Bonchev–Trinajstić information content (AvgIpc) is 3.09. The maximum atomic E-state index is 6.24. The van der Waals surface area contributed by atoms with Crippen LogP contribution in [-0.4, -0.2) is 4.57 Å². The number of benzene rings is 3. The highest BCUT2D eigenvalue weighted by atomic mass is 79.9. The van der Waals surface area contributed by atoms with Crippen molar-refractivity contribution < 1.29 is 4.42 Å². The Morgan fingerprint density at radius 2 is 1.46 bits per heavy atom. The highest BCUT2D eigenvalue weighted by Gasteiger charge is 2.19. The summed E-state index contributed by atoms with van der Waals surface area (Å²) in [5, 5.41) is 3.45. The highest BCUT2D eigenvalue weighted by molar-refractivity contribution is 9.10. The molecule has 2 aromatic heterocycles. The van der Waals surface area contributed by atoms with Gasteiger partial charge in [-0.1, -0.05) is 50.1 Å². The number of furan rings is 1. The van der Waals surface area contributed by atoms with Gasteiger partial charge in [0.2, 0.25) is 5.71 Å². The van der Waals surface area contributed by atoms with Crippen molar-refractivity contribution >= 4 is 64.8 Å². The van der Waals surface area contributed by atoms with Gasteiger partial charge in [-0.25, -0.2) is 0 Å². The molecule has 0 radical (unpaired) electrons. The SMILES string of the molecule is Brc1ccc2oc3c(c2c1)c1cc(Br)ccc1n3-c1ccccc1. The Morgan fingerprint density at radius 1 is 0.750 bits per heavy atom. The third kappa shape index (κ3) is 2.00. The summed E-state index contributed by atoms with van der Waals surface area (Å²) in [6.07, 6.45) is 0. The van der Waals surface area contributed by atoms with Crippen molar-refractivity contribution in [1.82, 2.24) is 4.57 Å². The van der Waals surface area contributed by atoms with Crippen LogP contribution in [-0.2, 0) is 0 Å². The van der Waals surface area contributed by atoms with Gasteiger partial charge in [0.1, 0.15) is 5.58 Å². The molecule has 0 amide bonds. The first-order valence-corrected chi connectivity index (χ1v) is 9.18. The molecule has 2 heterocycles. The van der Waals surface area contributed by atoms with E-state index in [0.717, 1.165) is 42.2 Å². The fraction of sp³-hybridized carbons (Fsp3) is 0. The van der Waals surface area contributed by atoms with Gasteiger partial charge in [-0.15, -0.1) is 0 Å². The van der Waals surface area contributed by atoms with Gasteiger partial charge in [-0.2, -0.15) is 0 Å². The van der Waals surface area contributed by atoms with Gasteiger partial charge in [-0.05, 0) is 48.5 Å². The summed E-state index contributed by atoms with van der Waals surface area (Å²) in [6, 6.07) is 22.8. The molecule has 0 aliphatic carbocycles. The Bertz CT molecular complexity index is 1220. The van der Waals surface area contributed by atoms with E-state index >= 15 is 0 Å². The van der Waals surface area contributed by atoms with Crippen LogP contribution >= 0.6 is 31.9 Å².